The molecule has 0 saturated heterocycles. The molecule has 4 rings (SSSR count). The van der Waals surface area contributed by atoms with Crippen LogP contribution in [0.4, 0.5) is 0 Å². The predicted octanol–water partition coefficient (Wildman–Crippen LogP) is 2.70. The molecule has 0 bridgehead atoms. The highest BCUT2D eigenvalue weighted by atomic mass is 79.9. The van der Waals surface area contributed by atoms with Crippen molar-refractivity contribution in [3.8, 4) is 0 Å². The van der Waals surface area contributed by atoms with Crippen LogP contribution in [0.15, 0.2) is 0 Å². The number of methoxy groups -OCH3 is 1. The Hall–Kier alpha value is -0.460. The van der Waals surface area contributed by atoms with E-state index in [1.807, 2.05) is 0 Å². The molecule has 4 aliphatic carbocycles. The number of ketones is 1. The van der Waals surface area contributed by atoms with Crippen molar-refractivity contribution in [2.24, 2.45) is 40.4 Å². The van der Waals surface area contributed by atoms with Crippen LogP contribution in [0.2, 0.25) is 0 Å². The first kappa shape index (κ1) is 19.8. The van der Waals surface area contributed by atoms with E-state index in [-0.39, 0.29) is 46.4 Å². The van der Waals surface area contributed by atoms with E-state index < -0.39 is 11.5 Å². The van der Waals surface area contributed by atoms with Gasteiger partial charge in [0.25, 0.3) is 0 Å². The van der Waals surface area contributed by atoms with Gasteiger partial charge in [-0.3, -0.25) is 9.59 Å². The molecule has 0 aromatic heterocycles. The SMILES string of the molecule is COC(=O)[C@H]1CC[C@]2(C)C3CC[C@]4(CO)C(=O)[C@H](Br)CC4C3[C@@H](O)C[C@H]2C1. The van der Waals surface area contributed by atoms with E-state index in [1.165, 1.54) is 7.11 Å². The van der Waals surface area contributed by atoms with Crippen molar-refractivity contribution >= 4 is 27.7 Å². The second kappa shape index (κ2) is 6.81. The van der Waals surface area contributed by atoms with Gasteiger partial charge >= 0.3 is 5.97 Å². The van der Waals surface area contributed by atoms with Crippen molar-refractivity contribution in [2.75, 3.05) is 13.7 Å². The van der Waals surface area contributed by atoms with Crippen LogP contribution in [0.25, 0.3) is 0 Å². The maximum atomic E-state index is 12.8. The van der Waals surface area contributed by atoms with Gasteiger partial charge in [0.05, 0.1) is 36.0 Å². The molecular weight excluding hydrogens is 412 g/mol. The second-order valence-electron chi connectivity index (χ2n) is 9.71. The quantitative estimate of drug-likeness (QED) is 0.507. The van der Waals surface area contributed by atoms with E-state index in [4.69, 9.17) is 4.74 Å². The number of Topliss-reactive ketones (excluding diaryl/α,β-unsaturated/α-hetero) is 1. The van der Waals surface area contributed by atoms with Crippen molar-refractivity contribution in [2.45, 2.75) is 62.8 Å². The Kier molecular flexibility index (Phi) is 5.00. The summed E-state index contributed by atoms with van der Waals surface area (Å²) in [5.41, 5.74) is -0.591. The maximum absolute atomic E-state index is 12.8. The Morgan fingerprint density at radius 1 is 1.22 bits per heavy atom. The summed E-state index contributed by atoms with van der Waals surface area (Å²) < 4.78 is 4.97. The molecule has 2 N–H and O–H groups in total. The Morgan fingerprint density at radius 3 is 2.63 bits per heavy atom. The van der Waals surface area contributed by atoms with Crippen LogP contribution in [0, 0.1) is 40.4 Å². The fraction of sp³-hybridized carbons (Fsp3) is 0.905. The molecule has 0 aromatic carbocycles. The number of aliphatic hydroxyl groups excluding tert-OH is 2. The van der Waals surface area contributed by atoms with E-state index in [2.05, 4.69) is 22.9 Å². The first-order valence-electron chi connectivity index (χ1n) is 10.3. The number of aliphatic hydroxyl groups is 2. The van der Waals surface area contributed by atoms with Crippen molar-refractivity contribution in [3.63, 3.8) is 0 Å². The van der Waals surface area contributed by atoms with Gasteiger partial charge < -0.3 is 14.9 Å². The Bertz CT molecular complexity index is 638. The molecule has 0 spiro atoms. The van der Waals surface area contributed by atoms with E-state index in [0.717, 1.165) is 25.7 Å². The summed E-state index contributed by atoms with van der Waals surface area (Å²) in [7, 11) is 1.45. The van der Waals surface area contributed by atoms with Gasteiger partial charge in [-0.25, -0.2) is 0 Å². The van der Waals surface area contributed by atoms with Crippen LogP contribution in [0.5, 0.6) is 0 Å². The van der Waals surface area contributed by atoms with Gasteiger partial charge in [0.15, 0.2) is 5.78 Å². The third-order valence-electron chi connectivity index (χ3n) is 8.94. The molecule has 4 aliphatic rings. The summed E-state index contributed by atoms with van der Waals surface area (Å²) in [5, 5.41) is 21.3. The fourth-order valence-electron chi connectivity index (χ4n) is 7.45. The van der Waals surface area contributed by atoms with Gasteiger partial charge in [-0.15, -0.1) is 0 Å². The van der Waals surface area contributed by atoms with Crippen LogP contribution < -0.4 is 0 Å². The second-order valence-corrected chi connectivity index (χ2v) is 10.8. The summed E-state index contributed by atoms with van der Waals surface area (Å²) in [6.45, 7) is 2.22. The fourth-order valence-corrected chi connectivity index (χ4v) is 8.31. The summed E-state index contributed by atoms with van der Waals surface area (Å²) in [5.74, 6) is 0.710. The Morgan fingerprint density at radius 2 is 1.96 bits per heavy atom. The van der Waals surface area contributed by atoms with E-state index in [9.17, 15) is 19.8 Å². The molecule has 152 valence electrons. The number of hydrogen-bond donors (Lipinski definition) is 2. The highest BCUT2D eigenvalue weighted by Crippen LogP contribution is 2.66. The molecule has 0 heterocycles. The lowest BCUT2D eigenvalue weighted by atomic mass is 9.44. The minimum atomic E-state index is -0.678. The molecule has 4 saturated carbocycles. The summed E-state index contributed by atoms with van der Waals surface area (Å²) in [6, 6.07) is 0. The minimum Gasteiger partial charge on any atom is -0.469 e. The summed E-state index contributed by atoms with van der Waals surface area (Å²) in [4.78, 5) is 24.7. The Balaban J connectivity index is 1.64. The van der Waals surface area contributed by atoms with Gasteiger partial charge in [-0.2, -0.15) is 0 Å². The normalized spacial score (nSPS) is 51.9. The largest absolute Gasteiger partial charge is 0.469 e. The number of fused-ring (bicyclic) bond motifs is 5. The number of esters is 1. The van der Waals surface area contributed by atoms with Gasteiger partial charge in [0, 0.05) is 0 Å². The predicted molar refractivity (Wildman–Crippen MR) is 103 cm³/mol. The number of carbonyl (C=O) groups is 2. The van der Waals surface area contributed by atoms with Crippen molar-refractivity contribution in [3.05, 3.63) is 0 Å². The summed E-state index contributed by atoms with van der Waals surface area (Å²) >= 11 is 3.53. The van der Waals surface area contributed by atoms with E-state index >= 15 is 0 Å². The minimum absolute atomic E-state index is 0.0456. The van der Waals surface area contributed by atoms with Crippen LogP contribution >= 0.6 is 15.9 Å². The molecule has 6 heteroatoms. The lowest BCUT2D eigenvalue weighted by Gasteiger charge is -2.61. The van der Waals surface area contributed by atoms with E-state index in [0.29, 0.717) is 31.1 Å². The highest BCUT2D eigenvalue weighted by molar-refractivity contribution is 9.10. The average Bonchev–Trinajstić information content (AvgIpc) is 2.92. The molecule has 3 unspecified atom stereocenters. The molecule has 0 aliphatic heterocycles. The molecule has 27 heavy (non-hydrogen) atoms. The molecule has 0 aromatic rings. The molecular formula is C21H31BrO5. The number of halogens is 1. The van der Waals surface area contributed by atoms with Crippen LogP contribution in [0.1, 0.15) is 51.9 Å². The zero-order chi connectivity index (χ0) is 19.6. The first-order valence-corrected chi connectivity index (χ1v) is 11.2. The van der Waals surface area contributed by atoms with Gasteiger partial charge in [0.2, 0.25) is 0 Å². The molecule has 5 nitrogen and oxygen atoms in total. The number of carbonyl (C=O) groups excluding carboxylic acids is 2. The lowest BCUT2D eigenvalue weighted by molar-refractivity contribution is -0.180. The number of ether oxygens (including phenoxy) is 1. The van der Waals surface area contributed by atoms with Crippen molar-refractivity contribution < 1.29 is 24.5 Å². The molecule has 0 amide bonds. The van der Waals surface area contributed by atoms with Crippen LogP contribution in [0.3, 0.4) is 0 Å². The molecule has 4 fully saturated rings. The maximum Gasteiger partial charge on any atom is 0.308 e. The zero-order valence-corrected chi connectivity index (χ0v) is 17.8. The van der Waals surface area contributed by atoms with Crippen LogP contribution in [-0.4, -0.2) is 46.6 Å². The molecule has 0 radical (unpaired) electrons. The van der Waals surface area contributed by atoms with Crippen LogP contribution in [-0.2, 0) is 14.3 Å². The van der Waals surface area contributed by atoms with Crippen molar-refractivity contribution in [1.29, 1.82) is 0 Å². The number of hydrogen-bond acceptors (Lipinski definition) is 5. The van der Waals surface area contributed by atoms with Crippen molar-refractivity contribution in [1.82, 2.24) is 0 Å². The summed E-state index contributed by atoms with van der Waals surface area (Å²) in [6.07, 6.45) is 5.12. The van der Waals surface area contributed by atoms with Gasteiger partial charge in [-0.05, 0) is 74.0 Å². The van der Waals surface area contributed by atoms with E-state index in [1.54, 1.807) is 0 Å². The van der Waals surface area contributed by atoms with Gasteiger partial charge in [0.1, 0.15) is 0 Å². The average molecular weight is 443 g/mol. The number of alkyl halides is 1. The highest BCUT2D eigenvalue weighted by Gasteiger charge is 2.65. The molecule has 9 atom stereocenters. The topological polar surface area (TPSA) is 83.8 Å². The monoisotopic (exact) mass is 442 g/mol. The zero-order valence-electron chi connectivity index (χ0n) is 16.2. The van der Waals surface area contributed by atoms with Gasteiger partial charge in [-0.1, -0.05) is 22.9 Å². The first-order chi connectivity index (χ1) is 12.8. The standard InChI is InChI=1S/C21H31BrO5/c1-20-5-3-11(19(26)27-2)7-12(20)8-16(24)17-13(20)4-6-21(10-23)14(17)9-15(22)18(21)25/h11-17,23-24H,3-10H2,1-2H3/t11-,12+,13?,14?,15+,16-,17?,20-,21+/m0/s1. The number of rotatable bonds is 2. The third-order valence-corrected chi connectivity index (χ3v) is 9.73. The lowest BCUT2D eigenvalue weighted by Crippen LogP contribution is -2.59. The third kappa shape index (κ3) is 2.69. The smallest absolute Gasteiger partial charge is 0.308 e. The Labute approximate surface area is 169 Å².